The number of para-hydroxylation sites is 2. The predicted octanol–water partition coefficient (Wildman–Crippen LogP) is 1.37. The van der Waals surface area contributed by atoms with Gasteiger partial charge in [-0.25, -0.2) is 0 Å². The van der Waals surface area contributed by atoms with E-state index in [2.05, 4.69) is 6.07 Å². The summed E-state index contributed by atoms with van der Waals surface area (Å²) in [6.45, 7) is 0.381. The number of hydrogen-bond acceptors (Lipinski definition) is 4. The number of hydrogen-bond donors (Lipinski definition) is 0. The van der Waals surface area contributed by atoms with Crippen molar-refractivity contribution < 1.29 is 14.2 Å². The SMILES string of the molecule is COCC1(C#N)COc2ccccc2O1. The molecule has 0 N–H and O–H groups in total. The van der Waals surface area contributed by atoms with Gasteiger partial charge in [0.2, 0.25) is 0 Å². The molecule has 0 radical (unpaired) electrons. The Morgan fingerprint density at radius 1 is 1.47 bits per heavy atom. The van der Waals surface area contributed by atoms with Crippen molar-refractivity contribution in [3.8, 4) is 17.6 Å². The first-order valence-corrected chi connectivity index (χ1v) is 4.61. The molecule has 1 aromatic carbocycles. The lowest BCUT2D eigenvalue weighted by molar-refractivity contribution is -0.0209. The lowest BCUT2D eigenvalue weighted by Gasteiger charge is -2.32. The zero-order chi connectivity index (χ0) is 10.7. The van der Waals surface area contributed by atoms with Gasteiger partial charge in [-0.05, 0) is 12.1 Å². The molecule has 0 amide bonds. The molecule has 1 heterocycles. The maximum Gasteiger partial charge on any atom is 0.250 e. The quantitative estimate of drug-likeness (QED) is 0.731. The van der Waals surface area contributed by atoms with Gasteiger partial charge in [0.15, 0.2) is 11.5 Å². The van der Waals surface area contributed by atoms with Crippen molar-refractivity contribution in [3.05, 3.63) is 24.3 Å². The zero-order valence-corrected chi connectivity index (χ0v) is 8.40. The van der Waals surface area contributed by atoms with Gasteiger partial charge >= 0.3 is 0 Å². The fourth-order valence-electron chi connectivity index (χ4n) is 1.48. The zero-order valence-electron chi connectivity index (χ0n) is 8.40. The molecule has 4 nitrogen and oxygen atoms in total. The Bertz CT molecular complexity index is 399. The minimum atomic E-state index is -1.02. The summed E-state index contributed by atoms with van der Waals surface area (Å²) >= 11 is 0. The molecule has 4 heteroatoms. The second kappa shape index (κ2) is 3.79. The van der Waals surface area contributed by atoms with Gasteiger partial charge in [-0.2, -0.15) is 5.26 Å². The van der Waals surface area contributed by atoms with E-state index < -0.39 is 5.60 Å². The van der Waals surface area contributed by atoms with E-state index in [4.69, 9.17) is 19.5 Å². The van der Waals surface area contributed by atoms with Crippen molar-refractivity contribution >= 4 is 0 Å². The van der Waals surface area contributed by atoms with Crippen LogP contribution in [0.4, 0.5) is 0 Å². The van der Waals surface area contributed by atoms with Gasteiger partial charge in [-0.15, -0.1) is 0 Å². The molecule has 0 bridgehead atoms. The van der Waals surface area contributed by atoms with Crippen LogP contribution >= 0.6 is 0 Å². The topological polar surface area (TPSA) is 51.5 Å². The second-order valence-electron chi connectivity index (χ2n) is 3.38. The lowest BCUT2D eigenvalue weighted by atomic mass is 10.1. The molecule has 78 valence electrons. The molecule has 1 atom stereocenters. The van der Waals surface area contributed by atoms with Gasteiger partial charge in [0.25, 0.3) is 5.60 Å². The molecular weight excluding hydrogens is 194 g/mol. The summed E-state index contributed by atoms with van der Waals surface area (Å²) in [4.78, 5) is 0. The van der Waals surface area contributed by atoms with Gasteiger partial charge in [0.05, 0.1) is 0 Å². The van der Waals surface area contributed by atoms with E-state index in [0.717, 1.165) is 0 Å². The summed E-state index contributed by atoms with van der Waals surface area (Å²) < 4.78 is 16.0. The first-order chi connectivity index (χ1) is 7.29. The third-order valence-electron chi connectivity index (χ3n) is 2.20. The van der Waals surface area contributed by atoms with Gasteiger partial charge in [-0.1, -0.05) is 12.1 Å². The van der Waals surface area contributed by atoms with Crippen molar-refractivity contribution in [2.45, 2.75) is 5.60 Å². The largest absolute Gasteiger partial charge is 0.484 e. The third-order valence-corrected chi connectivity index (χ3v) is 2.20. The lowest BCUT2D eigenvalue weighted by Crippen LogP contribution is -2.47. The van der Waals surface area contributed by atoms with Crippen LogP contribution in [0.3, 0.4) is 0 Å². The molecular formula is C11H11NO3. The van der Waals surface area contributed by atoms with E-state index in [1.54, 1.807) is 6.07 Å². The highest BCUT2D eigenvalue weighted by Gasteiger charge is 2.38. The molecule has 0 fully saturated rings. The second-order valence-corrected chi connectivity index (χ2v) is 3.38. The summed E-state index contributed by atoms with van der Waals surface area (Å²) in [7, 11) is 1.53. The summed E-state index contributed by atoms with van der Waals surface area (Å²) in [6.07, 6.45) is 0. The summed E-state index contributed by atoms with van der Waals surface area (Å²) in [6, 6.07) is 9.36. The normalized spacial score (nSPS) is 23.2. The van der Waals surface area contributed by atoms with Gasteiger partial charge in [0.1, 0.15) is 19.3 Å². The summed E-state index contributed by atoms with van der Waals surface area (Å²) in [5.74, 6) is 1.25. The van der Waals surface area contributed by atoms with Crippen LogP contribution in [0.1, 0.15) is 0 Å². The molecule has 15 heavy (non-hydrogen) atoms. The minimum absolute atomic E-state index is 0.189. The van der Waals surface area contributed by atoms with Crippen LogP contribution in [0.25, 0.3) is 0 Å². The average Bonchev–Trinajstić information content (AvgIpc) is 2.29. The number of ether oxygens (including phenoxy) is 3. The van der Waals surface area contributed by atoms with Crippen molar-refractivity contribution in [3.63, 3.8) is 0 Å². The molecule has 0 saturated heterocycles. The first-order valence-electron chi connectivity index (χ1n) is 4.61. The highest BCUT2D eigenvalue weighted by Crippen LogP contribution is 2.34. The number of benzene rings is 1. The fourth-order valence-corrected chi connectivity index (χ4v) is 1.48. The van der Waals surface area contributed by atoms with E-state index in [9.17, 15) is 0 Å². The van der Waals surface area contributed by atoms with E-state index in [1.807, 2.05) is 18.2 Å². The van der Waals surface area contributed by atoms with E-state index in [0.29, 0.717) is 11.5 Å². The monoisotopic (exact) mass is 205 g/mol. The maximum atomic E-state index is 9.06. The van der Waals surface area contributed by atoms with Crippen LogP contribution in [0.2, 0.25) is 0 Å². The predicted molar refractivity (Wildman–Crippen MR) is 52.8 cm³/mol. The van der Waals surface area contributed by atoms with Crippen LogP contribution in [-0.4, -0.2) is 25.9 Å². The Kier molecular flexibility index (Phi) is 2.48. The van der Waals surface area contributed by atoms with Crippen LogP contribution in [0.5, 0.6) is 11.5 Å². The van der Waals surface area contributed by atoms with Crippen LogP contribution in [0.15, 0.2) is 24.3 Å². The molecule has 0 aromatic heterocycles. The van der Waals surface area contributed by atoms with Crippen molar-refractivity contribution in [1.29, 1.82) is 5.26 Å². The highest BCUT2D eigenvalue weighted by molar-refractivity contribution is 5.42. The van der Waals surface area contributed by atoms with E-state index in [-0.39, 0.29) is 13.2 Å². The Labute approximate surface area is 88.0 Å². The van der Waals surface area contributed by atoms with Gasteiger partial charge < -0.3 is 14.2 Å². The number of rotatable bonds is 2. The molecule has 1 aromatic rings. The number of methoxy groups -OCH3 is 1. The summed E-state index contributed by atoms with van der Waals surface area (Å²) in [5.41, 5.74) is -1.02. The smallest absolute Gasteiger partial charge is 0.250 e. The van der Waals surface area contributed by atoms with Crippen molar-refractivity contribution in [2.24, 2.45) is 0 Å². The molecule has 1 aliphatic rings. The number of nitrogens with zero attached hydrogens (tertiary/aromatic N) is 1. The minimum Gasteiger partial charge on any atom is -0.484 e. The number of nitriles is 1. The molecule has 2 rings (SSSR count). The number of fused-ring (bicyclic) bond motifs is 1. The maximum absolute atomic E-state index is 9.06. The highest BCUT2D eigenvalue weighted by atomic mass is 16.6. The van der Waals surface area contributed by atoms with Crippen LogP contribution in [-0.2, 0) is 4.74 Å². The van der Waals surface area contributed by atoms with Crippen LogP contribution in [0, 0.1) is 11.3 Å². The van der Waals surface area contributed by atoms with Crippen molar-refractivity contribution in [1.82, 2.24) is 0 Å². The van der Waals surface area contributed by atoms with E-state index >= 15 is 0 Å². The Hall–Kier alpha value is -1.73. The van der Waals surface area contributed by atoms with E-state index in [1.165, 1.54) is 7.11 Å². The average molecular weight is 205 g/mol. The Morgan fingerprint density at radius 2 is 2.20 bits per heavy atom. The fraction of sp³-hybridized carbons (Fsp3) is 0.364. The van der Waals surface area contributed by atoms with Crippen LogP contribution < -0.4 is 9.47 Å². The molecule has 0 saturated carbocycles. The Balaban J connectivity index is 2.28. The molecule has 1 aliphatic heterocycles. The Morgan fingerprint density at radius 3 is 2.87 bits per heavy atom. The third kappa shape index (κ3) is 1.74. The summed E-state index contributed by atoms with van der Waals surface area (Å²) in [5, 5.41) is 9.06. The van der Waals surface area contributed by atoms with Crippen molar-refractivity contribution in [2.75, 3.05) is 20.3 Å². The molecule has 0 aliphatic carbocycles. The van der Waals surface area contributed by atoms with Gasteiger partial charge in [0, 0.05) is 7.11 Å². The first kappa shape index (κ1) is 9.81. The molecule has 0 spiro atoms. The molecule has 1 unspecified atom stereocenters. The standard InChI is InChI=1S/C11H11NO3/c1-13-7-11(6-12)8-14-9-4-2-3-5-10(9)15-11/h2-5H,7-8H2,1H3. The van der Waals surface area contributed by atoms with Gasteiger partial charge in [-0.3, -0.25) is 0 Å².